The van der Waals surface area contributed by atoms with Crippen molar-refractivity contribution in [1.29, 1.82) is 0 Å². The lowest BCUT2D eigenvalue weighted by atomic mass is 10.4. The smallest absolute Gasteiger partial charge is 0.257 e. The Balaban J connectivity index is 1.69. The van der Waals surface area contributed by atoms with Gasteiger partial charge in [-0.3, -0.25) is 4.90 Å². The monoisotopic (exact) mass is 351 g/mol. The summed E-state index contributed by atoms with van der Waals surface area (Å²) < 4.78 is 6.53. The molecule has 7 heteroatoms. The van der Waals surface area contributed by atoms with Gasteiger partial charge in [0.1, 0.15) is 0 Å². The zero-order valence-corrected chi connectivity index (χ0v) is 14.1. The van der Waals surface area contributed by atoms with E-state index >= 15 is 0 Å². The molecule has 3 aromatic heterocycles. The third-order valence-electron chi connectivity index (χ3n) is 2.95. The molecule has 0 fully saturated rings. The molecule has 0 N–H and O–H groups in total. The molecule has 0 aliphatic heterocycles. The van der Waals surface area contributed by atoms with E-state index in [2.05, 4.69) is 21.7 Å². The van der Waals surface area contributed by atoms with Crippen LogP contribution < -0.4 is 0 Å². The predicted octanol–water partition coefficient (Wildman–Crippen LogP) is 4.70. The average molecular weight is 352 g/mol. The van der Waals surface area contributed by atoms with E-state index in [9.17, 15) is 0 Å². The van der Waals surface area contributed by atoms with Crippen molar-refractivity contribution < 1.29 is 4.42 Å². The van der Waals surface area contributed by atoms with Gasteiger partial charge in [-0.2, -0.15) is 0 Å². The van der Waals surface area contributed by atoms with E-state index in [1.165, 1.54) is 4.88 Å². The third-order valence-corrected chi connectivity index (χ3v) is 5.03. The summed E-state index contributed by atoms with van der Waals surface area (Å²) >= 11 is 9.15. The van der Waals surface area contributed by atoms with E-state index in [1.807, 2.05) is 35.7 Å². The van der Waals surface area contributed by atoms with E-state index in [4.69, 9.17) is 16.0 Å². The standard InChI is InChI=1S/C15H14ClN3OS2/c1-2-7-19(9-11-5-6-13(16)22-11)10-14-17-18-15(20-14)12-4-3-8-21-12/h2-6,8H,1,7,9-10H2. The summed E-state index contributed by atoms with van der Waals surface area (Å²) in [5, 5.41) is 10.2. The molecule has 0 saturated heterocycles. The van der Waals surface area contributed by atoms with Crippen molar-refractivity contribution in [3.05, 3.63) is 57.4 Å². The summed E-state index contributed by atoms with van der Waals surface area (Å²) in [6.07, 6.45) is 1.87. The number of aromatic nitrogens is 2. The summed E-state index contributed by atoms with van der Waals surface area (Å²) in [6, 6.07) is 7.88. The van der Waals surface area contributed by atoms with E-state index in [0.717, 1.165) is 22.3 Å². The van der Waals surface area contributed by atoms with Gasteiger partial charge < -0.3 is 4.42 Å². The van der Waals surface area contributed by atoms with Crippen molar-refractivity contribution in [1.82, 2.24) is 15.1 Å². The minimum atomic E-state index is 0.572. The van der Waals surface area contributed by atoms with Crippen LogP contribution in [0, 0.1) is 0 Å². The molecule has 3 rings (SSSR count). The van der Waals surface area contributed by atoms with Crippen LogP contribution in [-0.2, 0) is 13.1 Å². The Bertz CT molecular complexity index is 736. The van der Waals surface area contributed by atoms with Gasteiger partial charge in [-0.25, -0.2) is 0 Å². The van der Waals surface area contributed by atoms with Crippen LogP contribution in [0.2, 0.25) is 4.34 Å². The Morgan fingerprint density at radius 2 is 2.18 bits per heavy atom. The first-order valence-electron chi connectivity index (χ1n) is 6.68. The molecule has 3 heterocycles. The number of thiophene rings is 2. The number of hydrogen-bond acceptors (Lipinski definition) is 6. The molecular formula is C15H14ClN3OS2. The van der Waals surface area contributed by atoms with Crippen LogP contribution in [-0.4, -0.2) is 21.6 Å². The van der Waals surface area contributed by atoms with E-state index in [1.54, 1.807) is 22.7 Å². The van der Waals surface area contributed by atoms with Gasteiger partial charge in [0.25, 0.3) is 5.89 Å². The van der Waals surface area contributed by atoms with Gasteiger partial charge in [0, 0.05) is 18.0 Å². The molecule has 0 aliphatic rings. The summed E-state index contributed by atoms with van der Waals surface area (Å²) in [7, 11) is 0. The summed E-state index contributed by atoms with van der Waals surface area (Å²) in [5.41, 5.74) is 0. The normalized spacial score (nSPS) is 11.2. The average Bonchev–Trinajstić information content (AvgIpc) is 3.20. The highest BCUT2D eigenvalue weighted by Gasteiger charge is 2.14. The second-order valence-electron chi connectivity index (χ2n) is 4.64. The first kappa shape index (κ1) is 15.4. The van der Waals surface area contributed by atoms with Gasteiger partial charge in [0.15, 0.2) is 0 Å². The largest absolute Gasteiger partial charge is 0.419 e. The Hall–Kier alpha value is -1.47. The SMILES string of the molecule is C=CCN(Cc1nnc(-c2cccs2)o1)Cc1ccc(Cl)s1. The van der Waals surface area contributed by atoms with Crippen LogP contribution in [0.1, 0.15) is 10.8 Å². The fourth-order valence-corrected chi connectivity index (χ4v) is 3.81. The Labute approximate surface area is 141 Å². The highest BCUT2D eigenvalue weighted by Crippen LogP contribution is 2.25. The molecule has 114 valence electrons. The molecule has 0 spiro atoms. The molecule has 0 saturated carbocycles. The zero-order valence-electron chi connectivity index (χ0n) is 11.7. The number of hydrogen-bond donors (Lipinski definition) is 0. The van der Waals surface area contributed by atoms with Crippen molar-refractivity contribution in [2.24, 2.45) is 0 Å². The maximum absolute atomic E-state index is 5.98. The minimum Gasteiger partial charge on any atom is -0.419 e. The Morgan fingerprint density at radius 3 is 2.86 bits per heavy atom. The van der Waals surface area contributed by atoms with E-state index < -0.39 is 0 Å². The quantitative estimate of drug-likeness (QED) is 0.578. The molecule has 0 aliphatic carbocycles. The highest BCUT2D eigenvalue weighted by atomic mass is 35.5. The molecular weight excluding hydrogens is 338 g/mol. The maximum atomic E-state index is 5.98. The maximum Gasteiger partial charge on any atom is 0.257 e. The Kier molecular flexibility index (Phi) is 5.04. The van der Waals surface area contributed by atoms with Crippen LogP contribution in [0.3, 0.4) is 0 Å². The van der Waals surface area contributed by atoms with Gasteiger partial charge in [-0.15, -0.1) is 39.4 Å². The van der Waals surface area contributed by atoms with Gasteiger partial charge >= 0.3 is 0 Å². The Morgan fingerprint density at radius 1 is 1.27 bits per heavy atom. The van der Waals surface area contributed by atoms with Crippen molar-refractivity contribution in [2.45, 2.75) is 13.1 Å². The van der Waals surface area contributed by atoms with Gasteiger partial charge in [-0.05, 0) is 23.6 Å². The molecule has 0 radical (unpaired) electrons. The van der Waals surface area contributed by atoms with Crippen LogP contribution in [0.4, 0.5) is 0 Å². The van der Waals surface area contributed by atoms with Crippen LogP contribution in [0.5, 0.6) is 0 Å². The topological polar surface area (TPSA) is 42.2 Å². The summed E-state index contributed by atoms with van der Waals surface area (Å²) in [4.78, 5) is 4.37. The van der Waals surface area contributed by atoms with E-state index in [-0.39, 0.29) is 0 Å². The highest BCUT2D eigenvalue weighted by molar-refractivity contribution is 7.16. The van der Waals surface area contributed by atoms with Gasteiger partial charge in [0.05, 0.1) is 15.8 Å². The van der Waals surface area contributed by atoms with Gasteiger partial charge in [-0.1, -0.05) is 23.7 Å². The second kappa shape index (κ2) is 7.19. The number of nitrogens with zero attached hydrogens (tertiary/aromatic N) is 3. The minimum absolute atomic E-state index is 0.572. The van der Waals surface area contributed by atoms with Crippen molar-refractivity contribution in [3.8, 4) is 10.8 Å². The third kappa shape index (κ3) is 3.84. The summed E-state index contributed by atoms with van der Waals surface area (Å²) in [6.45, 7) is 5.91. The van der Waals surface area contributed by atoms with E-state index in [0.29, 0.717) is 18.3 Å². The van der Waals surface area contributed by atoms with Crippen LogP contribution in [0.25, 0.3) is 10.8 Å². The first-order chi connectivity index (χ1) is 10.7. The predicted molar refractivity (Wildman–Crippen MR) is 91.3 cm³/mol. The lowest BCUT2D eigenvalue weighted by molar-refractivity contribution is 0.258. The van der Waals surface area contributed by atoms with Crippen LogP contribution >= 0.6 is 34.3 Å². The first-order valence-corrected chi connectivity index (χ1v) is 8.75. The molecule has 22 heavy (non-hydrogen) atoms. The number of halogens is 1. The number of rotatable bonds is 7. The van der Waals surface area contributed by atoms with Crippen molar-refractivity contribution in [3.63, 3.8) is 0 Å². The molecule has 0 atom stereocenters. The second-order valence-corrected chi connectivity index (χ2v) is 7.39. The fraction of sp³-hybridized carbons (Fsp3) is 0.200. The molecule has 0 unspecified atom stereocenters. The lowest BCUT2D eigenvalue weighted by Crippen LogP contribution is -2.22. The van der Waals surface area contributed by atoms with Crippen molar-refractivity contribution >= 4 is 34.3 Å². The lowest BCUT2D eigenvalue weighted by Gasteiger charge is -2.17. The zero-order chi connectivity index (χ0) is 15.4. The molecule has 4 nitrogen and oxygen atoms in total. The van der Waals surface area contributed by atoms with Crippen molar-refractivity contribution in [2.75, 3.05) is 6.54 Å². The van der Waals surface area contributed by atoms with Gasteiger partial charge in [0.2, 0.25) is 5.89 Å². The molecule has 0 aromatic carbocycles. The molecule has 0 bridgehead atoms. The molecule has 0 amide bonds. The van der Waals surface area contributed by atoms with Crippen LogP contribution in [0.15, 0.2) is 46.7 Å². The molecule has 3 aromatic rings. The summed E-state index contributed by atoms with van der Waals surface area (Å²) in [5.74, 6) is 1.18. The fourth-order valence-electron chi connectivity index (χ4n) is 2.03.